The number of hydrogen-bond donors (Lipinski definition) is 2. The first-order valence-electron chi connectivity index (χ1n) is 3.97. The Bertz CT molecular complexity index is 106. The van der Waals surface area contributed by atoms with Crippen LogP contribution in [-0.4, -0.2) is 30.5 Å². The van der Waals surface area contributed by atoms with Crippen LogP contribution < -0.4 is 5.73 Å². The Morgan fingerprint density at radius 1 is 1.27 bits per heavy atom. The summed E-state index contributed by atoms with van der Waals surface area (Å²) in [5.41, 5.74) is 5.71. The number of hydrogen-bond acceptors (Lipinski definition) is 3. The minimum atomic E-state index is -0.569. The lowest BCUT2D eigenvalue weighted by Gasteiger charge is -2.26. The van der Waals surface area contributed by atoms with Crippen LogP contribution in [0.3, 0.4) is 0 Å². The molecule has 68 valence electrons. The fraction of sp³-hybridized carbons (Fsp3) is 1.00. The average molecular weight is 161 g/mol. The van der Waals surface area contributed by atoms with Crippen molar-refractivity contribution in [1.82, 2.24) is 0 Å². The topological polar surface area (TPSA) is 55.5 Å². The van der Waals surface area contributed by atoms with Crippen molar-refractivity contribution in [3.63, 3.8) is 0 Å². The van der Waals surface area contributed by atoms with Crippen LogP contribution in [0.5, 0.6) is 0 Å². The molecule has 0 aromatic carbocycles. The number of ether oxygens (including phenoxy) is 1. The van der Waals surface area contributed by atoms with Gasteiger partial charge in [-0.25, -0.2) is 0 Å². The van der Waals surface area contributed by atoms with Crippen LogP contribution in [0.4, 0.5) is 0 Å². The van der Waals surface area contributed by atoms with E-state index in [-0.39, 0.29) is 18.1 Å². The van der Waals surface area contributed by atoms with Gasteiger partial charge in [-0.1, -0.05) is 13.8 Å². The van der Waals surface area contributed by atoms with Gasteiger partial charge in [-0.05, 0) is 12.8 Å². The van der Waals surface area contributed by atoms with Crippen molar-refractivity contribution in [3.05, 3.63) is 0 Å². The van der Waals surface area contributed by atoms with Crippen molar-refractivity contribution >= 4 is 0 Å². The highest BCUT2D eigenvalue weighted by Gasteiger charge is 2.23. The molecule has 0 aromatic rings. The monoisotopic (exact) mass is 161 g/mol. The van der Waals surface area contributed by atoms with E-state index in [0.29, 0.717) is 0 Å². The highest BCUT2D eigenvalue weighted by atomic mass is 16.5. The Morgan fingerprint density at radius 3 is 2.00 bits per heavy atom. The molecule has 0 aromatic heterocycles. The van der Waals surface area contributed by atoms with Gasteiger partial charge in [0.15, 0.2) is 0 Å². The fourth-order valence-corrected chi connectivity index (χ4v) is 0.847. The van der Waals surface area contributed by atoms with Crippen LogP contribution in [0.1, 0.15) is 20.8 Å². The number of nitrogens with two attached hydrogens (primary N) is 1. The van der Waals surface area contributed by atoms with Crippen LogP contribution in [0.15, 0.2) is 0 Å². The van der Waals surface area contributed by atoms with Gasteiger partial charge >= 0.3 is 0 Å². The van der Waals surface area contributed by atoms with Crippen molar-refractivity contribution in [2.45, 2.75) is 39.0 Å². The van der Waals surface area contributed by atoms with Crippen molar-refractivity contribution < 1.29 is 9.84 Å². The lowest BCUT2D eigenvalue weighted by Crippen LogP contribution is -2.45. The zero-order chi connectivity index (χ0) is 9.02. The summed E-state index contributed by atoms with van der Waals surface area (Å²) in [6.07, 6.45) is -0.757. The summed E-state index contributed by atoms with van der Waals surface area (Å²) in [4.78, 5) is 0. The summed E-state index contributed by atoms with van der Waals surface area (Å²) in [5, 5.41) is 9.51. The molecule has 3 heteroatoms. The third-order valence-corrected chi connectivity index (χ3v) is 2.02. The second-order valence-electron chi connectivity index (χ2n) is 3.25. The zero-order valence-corrected chi connectivity index (χ0v) is 7.74. The summed E-state index contributed by atoms with van der Waals surface area (Å²) in [6, 6.07) is -0.204. The molecule has 0 bridgehead atoms. The largest absolute Gasteiger partial charge is 0.389 e. The Labute approximate surface area is 68.5 Å². The molecule has 0 amide bonds. The van der Waals surface area contributed by atoms with E-state index in [0.717, 1.165) is 0 Å². The second kappa shape index (κ2) is 4.70. The van der Waals surface area contributed by atoms with E-state index < -0.39 is 6.10 Å². The van der Waals surface area contributed by atoms with Gasteiger partial charge in [0.1, 0.15) is 0 Å². The summed E-state index contributed by atoms with van der Waals surface area (Å²) >= 11 is 0. The van der Waals surface area contributed by atoms with Crippen LogP contribution >= 0.6 is 0 Å². The molecule has 0 saturated carbocycles. The number of methoxy groups -OCH3 is 1. The van der Waals surface area contributed by atoms with E-state index in [4.69, 9.17) is 10.5 Å². The zero-order valence-electron chi connectivity index (χ0n) is 7.74. The van der Waals surface area contributed by atoms with Gasteiger partial charge in [-0.2, -0.15) is 0 Å². The van der Waals surface area contributed by atoms with Crippen molar-refractivity contribution in [2.75, 3.05) is 7.11 Å². The molecule has 0 heterocycles. The normalized spacial score (nSPS) is 19.9. The Kier molecular flexibility index (Phi) is 4.65. The van der Waals surface area contributed by atoms with Gasteiger partial charge in [-0.3, -0.25) is 0 Å². The molecule has 0 aliphatic carbocycles. The van der Waals surface area contributed by atoms with Crippen molar-refractivity contribution in [2.24, 2.45) is 11.7 Å². The maximum absolute atomic E-state index is 9.51. The molecule has 3 nitrogen and oxygen atoms in total. The second-order valence-corrected chi connectivity index (χ2v) is 3.25. The van der Waals surface area contributed by atoms with Crippen molar-refractivity contribution in [1.29, 1.82) is 0 Å². The molecule has 3 unspecified atom stereocenters. The molecule has 0 fully saturated rings. The first kappa shape index (κ1) is 10.9. The lowest BCUT2D eigenvalue weighted by molar-refractivity contribution is -0.0204. The Hall–Kier alpha value is -0.120. The highest BCUT2D eigenvalue weighted by Crippen LogP contribution is 2.08. The van der Waals surface area contributed by atoms with Gasteiger partial charge in [0.2, 0.25) is 0 Å². The molecule has 3 atom stereocenters. The maximum Gasteiger partial charge on any atom is 0.0951 e. The standard InChI is InChI=1S/C8H19NO2/c1-5(2)7(9)8(10)6(3)11-4/h5-8,10H,9H2,1-4H3. The Morgan fingerprint density at radius 2 is 1.73 bits per heavy atom. The smallest absolute Gasteiger partial charge is 0.0951 e. The third-order valence-electron chi connectivity index (χ3n) is 2.02. The fourth-order valence-electron chi connectivity index (χ4n) is 0.847. The molecule has 0 spiro atoms. The maximum atomic E-state index is 9.51. The summed E-state index contributed by atoms with van der Waals surface area (Å²) in [7, 11) is 1.57. The van der Waals surface area contributed by atoms with E-state index in [2.05, 4.69) is 0 Å². The van der Waals surface area contributed by atoms with Crippen LogP contribution in [0.25, 0.3) is 0 Å². The first-order valence-corrected chi connectivity index (χ1v) is 3.97. The lowest BCUT2D eigenvalue weighted by atomic mass is 9.97. The molecular formula is C8H19NO2. The summed E-state index contributed by atoms with van der Waals surface area (Å²) in [5.74, 6) is 0.280. The third kappa shape index (κ3) is 3.18. The SMILES string of the molecule is COC(C)C(O)C(N)C(C)C. The van der Waals surface area contributed by atoms with Crippen LogP contribution in [-0.2, 0) is 4.74 Å². The summed E-state index contributed by atoms with van der Waals surface area (Å²) in [6.45, 7) is 5.78. The molecule has 0 radical (unpaired) electrons. The van der Waals surface area contributed by atoms with Gasteiger partial charge < -0.3 is 15.6 Å². The molecule has 11 heavy (non-hydrogen) atoms. The van der Waals surface area contributed by atoms with Gasteiger partial charge in [-0.15, -0.1) is 0 Å². The minimum Gasteiger partial charge on any atom is -0.389 e. The predicted octanol–water partition coefficient (Wildman–Crippen LogP) is 0.365. The van der Waals surface area contributed by atoms with Crippen LogP contribution in [0, 0.1) is 5.92 Å². The number of aliphatic hydroxyl groups is 1. The molecule has 0 rings (SSSR count). The Balaban J connectivity index is 3.90. The number of aliphatic hydroxyl groups excluding tert-OH is 1. The average Bonchev–Trinajstić information content (AvgIpc) is 2.00. The molecular weight excluding hydrogens is 142 g/mol. The van der Waals surface area contributed by atoms with Gasteiger partial charge in [0, 0.05) is 13.2 Å². The van der Waals surface area contributed by atoms with Crippen LogP contribution in [0.2, 0.25) is 0 Å². The van der Waals surface area contributed by atoms with E-state index in [1.54, 1.807) is 7.11 Å². The van der Waals surface area contributed by atoms with E-state index in [1.165, 1.54) is 0 Å². The molecule has 0 aliphatic rings. The molecule has 3 N–H and O–H groups in total. The highest BCUT2D eigenvalue weighted by molar-refractivity contribution is 4.79. The van der Waals surface area contributed by atoms with E-state index >= 15 is 0 Å². The number of rotatable bonds is 4. The minimum absolute atomic E-state index is 0.188. The molecule has 0 saturated heterocycles. The van der Waals surface area contributed by atoms with Crippen molar-refractivity contribution in [3.8, 4) is 0 Å². The van der Waals surface area contributed by atoms with Gasteiger partial charge in [0.05, 0.1) is 12.2 Å². The molecule has 0 aliphatic heterocycles. The van der Waals surface area contributed by atoms with E-state index in [9.17, 15) is 5.11 Å². The first-order chi connectivity index (χ1) is 5.00. The van der Waals surface area contributed by atoms with E-state index in [1.807, 2.05) is 20.8 Å². The predicted molar refractivity (Wildman–Crippen MR) is 45.3 cm³/mol. The van der Waals surface area contributed by atoms with Gasteiger partial charge in [0.25, 0.3) is 0 Å². The quantitative estimate of drug-likeness (QED) is 0.626. The summed E-state index contributed by atoms with van der Waals surface area (Å²) < 4.78 is 4.95.